The van der Waals surface area contributed by atoms with Crippen molar-refractivity contribution < 1.29 is 4.74 Å². The number of nitrogens with one attached hydrogen (secondary N) is 1. The van der Waals surface area contributed by atoms with E-state index in [1.807, 2.05) is 18.5 Å². The first-order valence-electron chi connectivity index (χ1n) is 8.56. The van der Waals surface area contributed by atoms with E-state index in [2.05, 4.69) is 46.1 Å². The third kappa shape index (κ3) is 2.67. The van der Waals surface area contributed by atoms with Gasteiger partial charge >= 0.3 is 0 Å². The lowest BCUT2D eigenvalue weighted by atomic mass is 10.0. The maximum atomic E-state index is 5.44. The molecular weight excluding hydrogens is 298 g/mol. The summed E-state index contributed by atoms with van der Waals surface area (Å²) < 4.78 is 7.93. The molecule has 3 aromatic rings. The smallest absolute Gasteiger partial charge is 0.119 e. The first kappa shape index (κ1) is 15.2. The van der Waals surface area contributed by atoms with Crippen LogP contribution in [0.5, 0.6) is 5.75 Å². The Labute approximate surface area is 142 Å². The largest absolute Gasteiger partial charge is 0.497 e. The maximum absolute atomic E-state index is 5.44. The van der Waals surface area contributed by atoms with Crippen LogP contribution in [0.1, 0.15) is 23.7 Å². The molecule has 3 heterocycles. The summed E-state index contributed by atoms with van der Waals surface area (Å²) in [6.07, 6.45) is 5.86. The van der Waals surface area contributed by atoms with E-state index in [1.165, 1.54) is 27.7 Å². The van der Waals surface area contributed by atoms with Crippen LogP contribution in [0.15, 0.2) is 42.7 Å². The topological polar surface area (TPSA) is 39.1 Å². The summed E-state index contributed by atoms with van der Waals surface area (Å²) in [7, 11) is 1.73. The summed E-state index contributed by atoms with van der Waals surface area (Å²) in [6, 6.07) is 11.1. The Balaban J connectivity index is 1.76. The molecule has 0 spiro atoms. The number of methoxy groups -OCH3 is 1. The van der Waals surface area contributed by atoms with Crippen molar-refractivity contribution >= 4 is 10.9 Å². The van der Waals surface area contributed by atoms with Crippen molar-refractivity contribution in [2.45, 2.75) is 38.9 Å². The molecule has 0 saturated carbocycles. The van der Waals surface area contributed by atoms with E-state index in [-0.39, 0.29) is 0 Å². The van der Waals surface area contributed by atoms with Gasteiger partial charge in [-0.2, -0.15) is 0 Å². The molecule has 4 heteroatoms. The van der Waals surface area contributed by atoms with Crippen LogP contribution in [0.3, 0.4) is 0 Å². The summed E-state index contributed by atoms with van der Waals surface area (Å²) in [4.78, 5) is 4.23. The fourth-order valence-electron chi connectivity index (χ4n) is 3.69. The standard InChI is InChI=1S/C20H23N3O/c1-14-10-20-18(13-22-14)17-11-16(24-2)5-6-19(17)23(20)9-7-15-4-3-8-21-12-15/h3-6,8,11-12,14,22H,7,9-10,13H2,1-2H3. The van der Waals surface area contributed by atoms with Gasteiger partial charge in [-0.15, -0.1) is 0 Å². The SMILES string of the molecule is COc1ccc2c(c1)c1c(n2CCc2cccnc2)CC(C)NC1. The van der Waals surface area contributed by atoms with E-state index in [4.69, 9.17) is 4.74 Å². The Kier molecular flexibility index (Phi) is 3.98. The van der Waals surface area contributed by atoms with Crippen molar-refractivity contribution in [3.05, 3.63) is 59.5 Å². The summed E-state index contributed by atoms with van der Waals surface area (Å²) in [5.41, 5.74) is 5.48. The van der Waals surface area contributed by atoms with Crippen LogP contribution >= 0.6 is 0 Å². The number of benzene rings is 1. The van der Waals surface area contributed by atoms with Gasteiger partial charge in [0.25, 0.3) is 0 Å². The number of aromatic nitrogens is 2. The molecule has 1 atom stereocenters. The minimum Gasteiger partial charge on any atom is -0.497 e. The highest BCUT2D eigenvalue weighted by Crippen LogP contribution is 2.32. The molecule has 0 fully saturated rings. The van der Waals surface area contributed by atoms with E-state index >= 15 is 0 Å². The molecule has 2 aromatic heterocycles. The highest BCUT2D eigenvalue weighted by atomic mass is 16.5. The lowest BCUT2D eigenvalue weighted by Gasteiger charge is -2.23. The lowest BCUT2D eigenvalue weighted by molar-refractivity contribution is 0.415. The second-order valence-electron chi connectivity index (χ2n) is 6.56. The Morgan fingerprint density at radius 2 is 2.25 bits per heavy atom. The van der Waals surface area contributed by atoms with Crippen molar-refractivity contribution in [1.82, 2.24) is 14.9 Å². The monoisotopic (exact) mass is 321 g/mol. The molecule has 0 radical (unpaired) electrons. The van der Waals surface area contributed by atoms with Crippen molar-refractivity contribution in [3.63, 3.8) is 0 Å². The molecule has 24 heavy (non-hydrogen) atoms. The van der Waals surface area contributed by atoms with E-state index in [0.717, 1.165) is 31.7 Å². The number of nitrogens with zero attached hydrogens (tertiary/aromatic N) is 2. The molecule has 4 rings (SSSR count). The first-order chi connectivity index (χ1) is 11.8. The molecule has 1 aliphatic rings. The summed E-state index contributed by atoms with van der Waals surface area (Å²) >= 11 is 0. The number of ether oxygens (including phenoxy) is 1. The highest BCUT2D eigenvalue weighted by Gasteiger charge is 2.23. The highest BCUT2D eigenvalue weighted by molar-refractivity contribution is 5.87. The van der Waals surface area contributed by atoms with Crippen LogP contribution in [0.4, 0.5) is 0 Å². The molecule has 1 N–H and O–H groups in total. The third-order valence-corrected chi connectivity index (χ3v) is 4.97. The van der Waals surface area contributed by atoms with Gasteiger partial charge in [-0.1, -0.05) is 6.07 Å². The van der Waals surface area contributed by atoms with Crippen molar-refractivity contribution in [2.75, 3.05) is 7.11 Å². The Hall–Kier alpha value is -2.33. The van der Waals surface area contributed by atoms with E-state index < -0.39 is 0 Å². The number of aryl methyl sites for hydroxylation is 2. The van der Waals surface area contributed by atoms with Gasteiger partial charge in [0.1, 0.15) is 5.75 Å². The minimum atomic E-state index is 0.515. The van der Waals surface area contributed by atoms with Gasteiger partial charge in [0.05, 0.1) is 7.11 Å². The Morgan fingerprint density at radius 3 is 3.04 bits per heavy atom. The third-order valence-electron chi connectivity index (χ3n) is 4.97. The number of fused-ring (bicyclic) bond motifs is 3. The van der Waals surface area contributed by atoms with E-state index in [9.17, 15) is 0 Å². The van der Waals surface area contributed by atoms with Crippen LogP contribution in [0, 0.1) is 0 Å². The normalized spacial score (nSPS) is 17.0. The Morgan fingerprint density at radius 1 is 1.33 bits per heavy atom. The van der Waals surface area contributed by atoms with Gasteiger partial charge in [0.2, 0.25) is 0 Å². The Bertz CT molecular complexity index is 854. The molecule has 0 bridgehead atoms. The molecule has 4 nitrogen and oxygen atoms in total. The van der Waals surface area contributed by atoms with Crippen LogP contribution in [-0.2, 0) is 25.9 Å². The van der Waals surface area contributed by atoms with Gasteiger partial charge in [-0.05, 0) is 48.7 Å². The number of hydrogen-bond acceptors (Lipinski definition) is 3. The second-order valence-corrected chi connectivity index (χ2v) is 6.56. The minimum absolute atomic E-state index is 0.515. The molecule has 1 unspecified atom stereocenters. The predicted octanol–water partition coefficient (Wildman–Crippen LogP) is 3.32. The number of pyridine rings is 1. The number of hydrogen-bond donors (Lipinski definition) is 1. The predicted molar refractivity (Wildman–Crippen MR) is 96.4 cm³/mol. The van der Waals surface area contributed by atoms with Crippen LogP contribution in [0.2, 0.25) is 0 Å². The van der Waals surface area contributed by atoms with Crippen molar-refractivity contribution in [1.29, 1.82) is 0 Å². The summed E-state index contributed by atoms with van der Waals surface area (Å²) in [6.45, 7) is 4.17. The fraction of sp³-hybridized carbons (Fsp3) is 0.350. The molecule has 0 aliphatic carbocycles. The van der Waals surface area contributed by atoms with Gasteiger partial charge in [-0.3, -0.25) is 4.98 Å². The quantitative estimate of drug-likeness (QED) is 0.801. The molecule has 1 aliphatic heterocycles. The molecular formula is C20H23N3O. The number of rotatable bonds is 4. The molecule has 1 aromatic carbocycles. The van der Waals surface area contributed by atoms with Gasteiger partial charge in [-0.25, -0.2) is 0 Å². The molecule has 0 amide bonds. The van der Waals surface area contributed by atoms with Crippen LogP contribution in [0.25, 0.3) is 10.9 Å². The van der Waals surface area contributed by atoms with Crippen molar-refractivity contribution in [3.8, 4) is 5.75 Å². The first-order valence-corrected chi connectivity index (χ1v) is 8.56. The fourth-order valence-corrected chi connectivity index (χ4v) is 3.69. The van der Waals surface area contributed by atoms with E-state index in [1.54, 1.807) is 7.11 Å². The zero-order valence-electron chi connectivity index (χ0n) is 14.2. The van der Waals surface area contributed by atoms with Gasteiger partial charge < -0.3 is 14.6 Å². The zero-order valence-corrected chi connectivity index (χ0v) is 14.2. The van der Waals surface area contributed by atoms with Crippen LogP contribution < -0.4 is 10.1 Å². The van der Waals surface area contributed by atoms with Gasteiger partial charge in [0.15, 0.2) is 0 Å². The van der Waals surface area contributed by atoms with E-state index in [0.29, 0.717) is 6.04 Å². The summed E-state index contributed by atoms with van der Waals surface area (Å²) in [5, 5.41) is 4.91. The zero-order chi connectivity index (χ0) is 16.5. The van der Waals surface area contributed by atoms with Gasteiger partial charge in [0, 0.05) is 54.5 Å². The second kappa shape index (κ2) is 6.29. The summed E-state index contributed by atoms with van der Waals surface area (Å²) in [5.74, 6) is 0.924. The van der Waals surface area contributed by atoms with Crippen LogP contribution in [-0.4, -0.2) is 22.7 Å². The molecule has 0 saturated heterocycles. The van der Waals surface area contributed by atoms with Crippen molar-refractivity contribution in [2.24, 2.45) is 0 Å². The average molecular weight is 321 g/mol. The average Bonchev–Trinajstić information content (AvgIpc) is 2.92. The molecule has 124 valence electrons. The lowest BCUT2D eigenvalue weighted by Crippen LogP contribution is -2.33. The maximum Gasteiger partial charge on any atom is 0.119 e.